The maximum absolute atomic E-state index is 13.7. The quantitative estimate of drug-likeness (QED) is 0.746. The van der Waals surface area contributed by atoms with Gasteiger partial charge in [0.15, 0.2) is 0 Å². The van der Waals surface area contributed by atoms with E-state index in [1.807, 2.05) is 6.07 Å². The number of furan rings is 1. The average molecular weight is 308 g/mol. The lowest BCUT2D eigenvalue weighted by Crippen LogP contribution is -2.03. The number of nitrogens with one attached hydrogen (secondary N) is 1. The summed E-state index contributed by atoms with van der Waals surface area (Å²) in [4.78, 5) is 8.19. The molecule has 0 saturated heterocycles. The first-order chi connectivity index (χ1) is 10.2. The Morgan fingerprint density at radius 2 is 2.24 bits per heavy atom. The van der Waals surface area contributed by atoms with Crippen molar-refractivity contribution in [3.63, 3.8) is 0 Å². The maximum atomic E-state index is 13.7. The Labute approximate surface area is 124 Å². The molecule has 3 aromatic rings. The van der Waals surface area contributed by atoms with Gasteiger partial charge in [-0.15, -0.1) is 0 Å². The van der Waals surface area contributed by atoms with Gasteiger partial charge in [0.1, 0.15) is 28.7 Å². The van der Waals surface area contributed by atoms with Crippen LogP contribution < -0.4 is 10.1 Å². The molecule has 0 atom stereocenters. The lowest BCUT2D eigenvalue weighted by molar-refractivity contribution is 0.415. The highest BCUT2D eigenvalue weighted by Gasteiger charge is 2.13. The van der Waals surface area contributed by atoms with Crippen LogP contribution in [0.5, 0.6) is 5.75 Å². The molecule has 7 heteroatoms. The molecule has 0 spiro atoms. The van der Waals surface area contributed by atoms with Crippen molar-refractivity contribution in [3.8, 4) is 5.75 Å². The van der Waals surface area contributed by atoms with E-state index in [4.69, 9.17) is 20.8 Å². The van der Waals surface area contributed by atoms with Crippen LogP contribution in [0.25, 0.3) is 10.9 Å². The molecule has 2 aromatic heterocycles. The number of hydrogen-bond acceptors (Lipinski definition) is 5. The summed E-state index contributed by atoms with van der Waals surface area (Å²) < 4.78 is 24.0. The second kappa shape index (κ2) is 5.57. The van der Waals surface area contributed by atoms with Gasteiger partial charge in [-0.2, -0.15) is 0 Å². The van der Waals surface area contributed by atoms with Crippen molar-refractivity contribution >= 4 is 28.3 Å². The highest BCUT2D eigenvalue weighted by atomic mass is 35.5. The third-order valence-electron chi connectivity index (χ3n) is 2.93. The van der Waals surface area contributed by atoms with Gasteiger partial charge in [0.05, 0.1) is 19.9 Å². The van der Waals surface area contributed by atoms with Crippen molar-refractivity contribution in [1.82, 2.24) is 9.97 Å². The molecule has 0 aliphatic rings. The smallest absolute Gasteiger partial charge is 0.225 e. The van der Waals surface area contributed by atoms with Gasteiger partial charge in [0, 0.05) is 11.5 Å². The van der Waals surface area contributed by atoms with E-state index < -0.39 is 5.82 Å². The van der Waals surface area contributed by atoms with Crippen LogP contribution in [0, 0.1) is 5.82 Å². The number of hydrogen-bond donors (Lipinski definition) is 1. The van der Waals surface area contributed by atoms with Gasteiger partial charge in [0.25, 0.3) is 0 Å². The van der Waals surface area contributed by atoms with Crippen LogP contribution in [0.2, 0.25) is 5.28 Å². The van der Waals surface area contributed by atoms with E-state index in [0.29, 0.717) is 29.0 Å². The minimum absolute atomic E-state index is 0.0503. The fourth-order valence-electron chi connectivity index (χ4n) is 2.01. The van der Waals surface area contributed by atoms with Crippen LogP contribution in [0.1, 0.15) is 5.76 Å². The van der Waals surface area contributed by atoms with Gasteiger partial charge in [-0.25, -0.2) is 14.4 Å². The zero-order valence-electron chi connectivity index (χ0n) is 11.1. The first kappa shape index (κ1) is 13.6. The molecule has 0 radical (unpaired) electrons. The normalized spacial score (nSPS) is 10.8. The number of anilines is 1. The van der Waals surface area contributed by atoms with Gasteiger partial charge in [-0.1, -0.05) is 0 Å². The molecule has 0 aliphatic heterocycles. The number of rotatable bonds is 4. The Morgan fingerprint density at radius 3 is 2.95 bits per heavy atom. The fraction of sp³-hybridized carbons (Fsp3) is 0.143. The second-order valence-corrected chi connectivity index (χ2v) is 4.62. The summed E-state index contributed by atoms with van der Waals surface area (Å²) in [6.45, 7) is 0.397. The molecule has 1 N–H and O–H groups in total. The predicted octanol–water partition coefficient (Wildman–Crippen LogP) is 3.64. The molecule has 0 bridgehead atoms. The summed E-state index contributed by atoms with van der Waals surface area (Å²) in [5.74, 6) is 1.00. The molecular weight excluding hydrogens is 297 g/mol. The van der Waals surface area contributed by atoms with Crippen molar-refractivity contribution in [2.75, 3.05) is 12.4 Å². The molecular formula is C14H11ClFN3O2. The van der Waals surface area contributed by atoms with Crippen molar-refractivity contribution < 1.29 is 13.5 Å². The summed E-state index contributed by atoms with van der Waals surface area (Å²) in [6, 6.07) is 6.19. The zero-order valence-corrected chi connectivity index (χ0v) is 11.8. The Balaban J connectivity index is 2.06. The lowest BCUT2D eigenvalue weighted by Gasteiger charge is -2.10. The summed E-state index contributed by atoms with van der Waals surface area (Å²) in [6.07, 6.45) is 1.57. The summed E-state index contributed by atoms with van der Waals surface area (Å²) in [5, 5.41) is 3.60. The first-order valence-corrected chi connectivity index (χ1v) is 6.52. The second-order valence-electron chi connectivity index (χ2n) is 4.28. The summed E-state index contributed by atoms with van der Waals surface area (Å²) >= 11 is 5.92. The fourth-order valence-corrected chi connectivity index (χ4v) is 2.18. The molecule has 0 aliphatic carbocycles. The Hall–Kier alpha value is -2.34. The van der Waals surface area contributed by atoms with Crippen LogP contribution in [0.15, 0.2) is 34.9 Å². The van der Waals surface area contributed by atoms with E-state index in [9.17, 15) is 4.39 Å². The van der Waals surface area contributed by atoms with Crippen molar-refractivity contribution in [3.05, 3.63) is 47.4 Å². The number of ether oxygens (including phenoxy) is 1. The van der Waals surface area contributed by atoms with Crippen LogP contribution >= 0.6 is 11.6 Å². The minimum Gasteiger partial charge on any atom is -0.494 e. The standard InChI is InChI=1S/C14H11ClFN3O2/c1-20-11-6-8(16)5-10-12(11)18-14(15)19-13(10)17-7-9-3-2-4-21-9/h2-6H,7H2,1H3,(H,17,18,19). The molecule has 5 nitrogen and oxygen atoms in total. The Kier molecular flexibility index (Phi) is 3.62. The number of fused-ring (bicyclic) bond motifs is 1. The van der Waals surface area contributed by atoms with Crippen LogP contribution in [-0.4, -0.2) is 17.1 Å². The van der Waals surface area contributed by atoms with Crippen molar-refractivity contribution in [2.24, 2.45) is 0 Å². The minimum atomic E-state index is -0.439. The van der Waals surface area contributed by atoms with Gasteiger partial charge in [0.2, 0.25) is 5.28 Å². The maximum Gasteiger partial charge on any atom is 0.225 e. The average Bonchev–Trinajstić information content (AvgIpc) is 2.98. The highest BCUT2D eigenvalue weighted by molar-refractivity contribution is 6.29. The molecule has 0 saturated carbocycles. The molecule has 108 valence electrons. The molecule has 0 fully saturated rings. The van der Waals surface area contributed by atoms with Gasteiger partial charge in [-0.05, 0) is 29.8 Å². The van der Waals surface area contributed by atoms with E-state index in [1.165, 1.54) is 19.2 Å². The molecule has 1 aromatic carbocycles. The molecule has 21 heavy (non-hydrogen) atoms. The number of nitrogens with zero attached hydrogens (tertiary/aromatic N) is 2. The van der Waals surface area contributed by atoms with Crippen LogP contribution in [-0.2, 0) is 6.54 Å². The van der Waals surface area contributed by atoms with Gasteiger partial charge < -0.3 is 14.5 Å². The van der Waals surface area contributed by atoms with Crippen molar-refractivity contribution in [1.29, 1.82) is 0 Å². The topological polar surface area (TPSA) is 60.2 Å². The molecule has 0 amide bonds. The SMILES string of the molecule is COc1cc(F)cc2c(NCc3ccco3)nc(Cl)nc12. The third-order valence-corrected chi connectivity index (χ3v) is 3.10. The van der Waals surface area contributed by atoms with E-state index in [-0.39, 0.29) is 5.28 Å². The van der Waals surface area contributed by atoms with E-state index in [2.05, 4.69) is 15.3 Å². The molecule has 2 heterocycles. The zero-order chi connectivity index (χ0) is 14.8. The van der Waals surface area contributed by atoms with Crippen LogP contribution in [0.4, 0.5) is 10.2 Å². The predicted molar refractivity (Wildman–Crippen MR) is 77.1 cm³/mol. The van der Waals surface area contributed by atoms with Crippen molar-refractivity contribution in [2.45, 2.75) is 6.54 Å². The highest BCUT2D eigenvalue weighted by Crippen LogP contribution is 2.30. The number of methoxy groups -OCH3 is 1. The number of halogens is 2. The first-order valence-electron chi connectivity index (χ1n) is 6.14. The van der Waals surface area contributed by atoms with Gasteiger partial charge in [-0.3, -0.25) is 0 Å². The number of benzene rings is 1. The summed E-state index contributed by atoms with van der Waals surface area (Å²) in [7, 11) is 1.44. The van der Waals surface area contributed by atoms with Gasteiger partial charge >= 0.3 is 0 Å². The summed E-state index contributed by atoms with van der Waals surface area (Å²) in [5.41, 5.74) is 0.445. The van der Waals surface area contributed by atoms with E-state index >= 15 is 0 Å². The third kappa shape index (κ3) is 2.75. The number of aromatic nitrogens is 2. The van der Waals surface area contributed by atoms with E-state index in [0.717, 1.165) is 5.76 Å². The monoisotopic (exact) mass is 307 g/mol. The van der Waals surface area contributed by atoms with E-state index in [1.54, 1.807) is 12.3 Å². The van der Waals surface area contributed by atoms with Crippen LogP contribution in [0.3, 0.4) is 0 Å². The largest absolute Gasteiger partial charge is 0.494 e. The molecule has 0 unspecified atom stereocenters. The Morgan fingerprint density at radius 1 is 1.38 bits per heavy atom. The molecule has 3 rings (SSSR count). The Bertz CT molecular complexity index is 777. The lowest BCUT2D eigenvalue weighted by atomic mass is 10.2.